The first-order chi connectivity index (χ1) is 56.5. The Balaban J connectivity index is 0.705. The SMILES string of the molecule is O=c1oc2ccc(O)cc2cc1-c1ccc(Oc2ccc3c(c2)-c2nc-3nc3[nH]c(nc4nc(nc5[nH]c(n2)c2ccc(Oc6ccc(-c7cc8cc(O)ccc8oc7=O)cc6)cc52)-c2ccc(Oc5ccc(-c6cc7cc(O)ccc7oc6=O)cc5)cc2-4)c2ccc(Oc4ccc(-c5cc6cc(O)ccc6oc5=O)cc4)cc32)cc1. The summed E-state index contributed by atoms with van der Waals surface area (Å²) in [6.45, 7) is 0. The average molecular weight is 1520 g/mol. The maximum atomic E-state index is 13.3. The number of phenolic OH excluding ortho intramolecular Hbond substituents is 4. The first kappa shape index (κ1) is 67.4. The molecule has 21 rings (SSSR count). The highest BCUT2D eigenvalue weighted by molar-refractivity contribution is 6.07. The molecule has 0 spiro atoms. The van der Waals surface area contributed by atoms with Gasteiger partial charge in [0.25, 0.3) is 0 Å². The first-order valence-electron chi connectivity index (χ1n) is 36.2. The molecule has 6 N–H and O–H groups in total. The molecule has 8 bridgehead atoms. The fourth-order valence-corrected chi connectivity index (χ4v) is 14.6. The highest BCUT2D eigenvalue weighted by atomic mass is 16.5. The summed E-state index contributed by atoms with van der Waals surface area (Å²) in [6, 6.07) is 74.3. The van der Waals surface area contributed by atoms with Crippen LogP contribution < -0.4 is 41.4 Å². The summed E-state index contributed by atoms with van der Waals surface area (Å²) in [5, 5.41) is 45.4. The van der Waals surface area contributed by atoms with Crippen molar-refractivity contribution in [1.82, 2.24) is 39.9 Å². The minimum absolute atomic E-state index is 0.0277. The minimum Gasteiger partial charge on any atom is -0.508 e. The van der Waals surface area contributed by atoms with Crippen LogP contribution in [0.4, 0.5) is 0 Å². The van der Waals surface area contributed by atoms with E-state index in [0.717, 1.165) is 0 Å². The van der Waals surface area contributed by atoms with Gasteiger partial charge in [0.05, 0.1) is 22.3 Å². The van der Waals surface area contributed by atoms with Gasteiger partial charge in [-0.25, -0.2) is 49.1 Å². The van der Waals surface area contributed by atoms with Gasteiger partial charge in [-0.05, 0) is 241 Å². The molecule has 0 unspecified atom stereocenters. The molecule has 554 valence electrons. The third-order valence-electron chi connectivity index (χ3n) is 20.2. The minimum atomic E-state index is -0.550. The highest BCUT2D eigenvalue weighted by Gasteiger charge is 2.26. The number of H-pyrrole nitrogens is 2. The predicted octanol–water partition coefficient (Wildman–Crippen LogP) is 20.0. The second-order valence-electron chi connectivity index (χ2n) is 27.6. The zero-order chi connectivity index (χ0) is 78.1. The number of nitrogens with zero attached hydrogens (tertiary/aromatic N) is 6. The molecule has 24 heteroatoms. The van der Waals surface area contributed by atoms with Crippen molar-refractivity contribution in [3.05, 3.63) is 309 Å². The van der Waals surface area contributed by atoms with Crippen LogP contribution in [-0.2, 0) is 0 Å². The molecule has 0 saturated carbocycles. The molecule has 12 aromatic carbocycles. The van der Waals surface area contributed by atoms with Crippen molar-refractivity contribution in [3.63, 3.8) is 0 Å². The number of hydrogen-bond donors (Lipinski definition) is 6. The number of hydrogen-bond acceptors (Lipinski definition) is 22. The summed E-state index contributed by atoms with van der Waals surface area (Å²) >= 11 is 0. The average Bonchev–Trinajstić information content (AvgIpc) is 1.80. The summed E-state index contributed by atoms with van der Waals surface area (Å²) in [5.74, 6) is 4.49. The van der Waals surface area contributed by atoms with E-state index in [-0.39, 0.29) is 46.3 Å². The van der Waals surface area contributed by atoms with E-state index in [2.05, 4.69) is 9.97 Å². The molecule has 116 heavy (non-hydrogen) atoms. The Labute approximate surface area is 649 Å². The van der Waals surface area contributed by atoms with Crippen LogP contribution in [0, 0.1) is 0 Å². The number of aromatic nitrogens is 8. The summed E-state index contributed by atoms with van der Waals surface area (Å²) in [6.07, 6.45) is 0. The van der Waals surface area contributed by atoms with Crippen molar-refractivity contribution >= 4 is 88.0 Å². The standard InChI is InChI=1S/C92H50N8O16/c101-53-9-29-77-49(33-53)37-69(89(105)113-77)45-1-13-57(14-2-45)109-61-21-25-65-73(41-61)85-93-81(65)98-86-75-43-63(111-59-17-5-47(6-18-59)71-39-51-35-55(103)11-31-79(51)115-91(71)107)23-27-67(75)83(95-86)100-88-76-44-64(112-60-19-7-48(8-20-60)72-40-52-36-56(104)12-32-80(52)116-92(72)108)24-28-68(76)84(96-88)99-87-74-42-62(22-26-66(74)82(94-87)97-85)110-58-15-3-46(4-16-58)70-38-50-34-54(102)10-30-78(50)114-90(70)106/h1-44,101-104H,(H2,93,94,95,96,97,98,99,100). The normalized spacial score (nSPS) is 11.7. The van der Waals surface area contributed by atoms with E-state index in [1.54, 1.807) is 146 Å². The molecule has 0 fully saturated rings. The molecule has 24 nitrogen and oxygen atoms in total. The Hall–Kier alpha value is -16.8. The van der Waals surface area contributed by atoms with Gasteiger partial charge >= 0.3 is 22.5 Å². The fourth-order valence-electron chi connectivity index (χ4n) is 14.6. The number of benzene rings is 12. The Kier molecular flexibility index (Phi) is 15.4. The predicted molar refractivity (Wildman–Crippen MR) is 435 cm³/mol. The zero-order valence-electron chi connectivity index (χ0n) is 59.8. The van der Waals surface area contributed by atoms with Crippen molar-refractivity contribution in [1.29, 1.82) is 0 Å². The summed E-state index contributed by atoms with van der Waals surface area (Å²) < 4.78 is 48.8. The second-order valence-corrected chi connectivity index (χ2v) is 27.6. The molecular formula is C92H50N8O16. The van der Waals surface area contributed by atoms with Gasteiger partial charge in [-0.15, -0.1) is 0 Å². The zero-order valence-corrected chi connectivity index (χ0v) is 59.8. The van der Waals surface area contributed by atoms with Crippen molar-refractivity contribution in [2.75, 3.05) is 0 Å². The van der Waals surface area contributed by atoms with Crippen LogP contribution in [0.2, 0.25) is 0 Å². The Morgan fingerprint density at radius 1 is 0.224 bits per heavy atom. The van der Waals surface area contributed by atoms with Crippen molar-refractivity contribution in [2.45, 2.75) is 0 Å². The van der Waals surface area contributed by atoms with E-state index < -0.39 is 22.5 Å². The van der Waals surface area contributed by atoms with Crippen LogP contribution in [0.1, 0.15) is 0 Å². The number of rotatable bonds is 12. The largest absolute Gasteiger partial charge is 0.508 e. The molecule has 2 aliphatic rings. The molecule has 2 aliphatic heterocycles. The topological polar surface area (TPSA) is 348 Å². The van der Waals surface area contributed by atoms with Gasteiger partial charge in [-0.3, -0.25) is 0 Å². The first-order valence-corrected chi connectivity index (χ1v) is 36.2. The molecule has 0 atom stereocenters. The highest BCUT2D eigenvalue weighted by Crippen LogP contribution is 2.44. The maximum Gasteiger partial charge on any atom is 0.344 e. The molecule has 0 saturated heterocycles. The van der Waals surface area contributed by atoms with E-state index in [1.807, 2.05) is 48.5 Å². The van der Waals surface area contributed by atoms with Gasteiger partial charge in [-0.2, -0.15) is 0 Å². The molecule has 9 heterocycles. The molecule has 0 aliphatic carbocycles. The van der Waals surface area contributed by atoms with Gasteiger partial charge in [0.15, 0.2) is 23.3 Å². The molecule has 0 radical (unpaired) electrons. The third kappa shape index (κ3) is 12.2. The van der Waals surface area contributed by atoms with Crippen LogP contribution >= 0.6 is 0 Å². The van der Waals surface area contributed by atoms with E-state index in [0.29, 0.717) is 201 Å². The Bertz CT molecular complexity index is 7410. The lowest BCUT2D eigenvalue weighted by Crippen LogP contribution is -2.02. The van der Waals surface area contributed by atoms with Gasteiger partial charge in [-0.1, -0.05) is 48.5 Å². The number of phenols is 4. The van der Waals surface area contributed by atoms with Crippen molar-refractivity contribution in [2.24, 2.45) is 0 Å². The lowest BCUT2D eigenvalue weighted by Gasteiger charge is -2.09. The number of nitrogens with one attached hydrogen (secondary N) is 2. The van der Waals surface area contributed by atoms with Crippen molar-refractivity contribution < 1.29 is 57.0 Å². The van der Waals surface area contributed by atoms with Gasteiger partial charge < -0.3 is 67.0 Å². The lowest BCUT2D eigenvalue weighted by atomic mass is 10.1. The van der Waals surface area contributed by atoms with E-state index in [1.165, 1.54) is 72.8 Å². The fraction of sp³-hybridized carbons (Fsp3) is 0. The summed E-state index contributed by atoms with van der Waals surface area (Å²) in [4.78, 5) is 91.9. The molecule has 7 aromatic heterocycles. The maximum absolute atomic E-state index is 13.3. The van der Waals surface area contributed by atoms with E-state index in [9.17, 15) is 39.6 Å². The number of aromatic amines is 2. The summed E-state index contributed by atoms with van der Waals surface area (Å²) in [7, 11) is 0. The molecule has 0 amide bonds. The van der Waals surface area contributed by atoms with E-state index >= 15 is 0 Å². The van der Waals surface area contributed by atoms with Crippen LogP contribution in [0.3, 0.4) is 0 Å². The number of ether oxygens (including phenoxy) is 4. The quantitative estimate of drug-likeness (QED) is 0.0619. The number of fused-ring (bicyclic) bond motifs is 24. The van der Waals surface area contributed by atoms with Gasteiger partial charge in [0.2, 0.25) is 0 Å². The monoisotopic (exact) mass is 1520 g/mol. The summed E-state index contributed by atoms with van der Waals surface area (Å²) in [5.41, 5.74) is 6.13. The van der Waals surface area contributed by atoms with Crippen LogP contribution in [0.25, 0.3) is 178 Å². The smallest absolute Gasteiger partial charge is 0.344 e. The van der Waals surface area contributed by atoms with Gasteiger partial charge in [0, 0.05) is 65.3 Å². The Morgan fingerprint density at radius 2 is 0.474 bits per heavy atom. The Morgan fingerprint density at radius 3 is 0.767 bits per heavy atom. The second kappa shape index (κ2) is 26.5. The van der Waals surface area contributed by atoms with Crippen LogP contribution in [-0.4, -0.2) is 60.3 Å². The van der Waals surface area contributed by atoms with Crippen molar-refractivity contribution in [3.8, 4) is 159 Å². The third-order valence-corrected chi connectivity index (χ3v) is 20.2. The van der Waals surface area contributed by atoms with Gasteiger partial charge in [0.1, 0.15) is 114 Å². The van der Waals surface area contributed by atoms with Crippen LogP contribution in [0.5, 0.6) is 69.0 Å². The number of aromatic hydroxyl groups is 4. The molecular weight excluding hydrogens is 1470 g/mol. The van der Waals surface area contributed by atoms with Crippen LogP contribution in [0.15, 0.2) is 304 Å². The van der Waals surface area contributed by atoms with E-state index in [4.69, 9.17) is 66.5 Å². The lowest BCUT2D eigenvalue weighted by molar-refractivity contribution is 0.474. The molecule has 19 aromatic rings.